The fraction of sp³-hybridized carbons (Fsp3) is 0.0833. The smallest absolute Gasteiger partial charge is 0.249 e. The first-order valence-electron chi connectivity index (χ1n) is 10.1. The van der Waals surface area contributed by atoms with Crippen LogP contribution in [0, 0.1) is 11.3 Å². The van der Waals surface area contributed by atoms with E-state index in [0.29, 0.717) is 51.7 Å². The molecule has 2 N–H and O–H groups in total. The van der Waals surface area contributed by atoms with Crippen molar-refractivity contribution in [2.24, 2.45) is 0 Å². The van der Waals surface area contributed by atoms with Gasteiger partial charge in [0.1, 0.15) is 11.3 Å². The summed E-state index contributed by atoms with van der Waals surface area (Å²) in [5.41, 5.74) is 3.05. The average Bonchev–Trinajstić information content (AvgIpc) is 3.32. The number of benzene rings is 2. The average molecular weight is 435 g/mol. The molecule has 0 aliphatic heterocycles. The monoisotopic (exact) mass is 435 g/mol. The molecule has 3 heterocycles. The second-order valence-corrected chi connectivity index (χ2v) is 7.28. The van der Waals surface area contributed by atoms with Crippen LogP contribution in [0.3, 0.4) is 0 Å². The highest BCUT2D eigenvalue weighted by Gasteiger charge is 2.16. The molecule has 0 bridgehead atoms. The van der Waals surface area contributed by atoms with Gasteiger partial charge in [0.25, 0.3) is 0 Å². The highest BCUT2D eigenvalue weighted by molar-refractivity contribution is 6.08. The van der Waals surface area contributed by atoms with Crippen LogP contribution < -0.4 is 10.1 Å². The van der Waals surface area contributed by atoms with Crippen molar-refractivity contribution in [3.63, 3.8) is 0 Å². The highest BCUT2D eigenvalue weighted by atomic mass is 16.5. The number of Topliss-reactive ketones (excluding diaryl/α,β-unsaturated/α-hetero) is 1. The number of hydrogen-bond acceptors (Lipinski definition) is 8. The number of nitrogens with zero attached hydrogens (tertiary/aromatic N) is 5. The number of aromatic amines is 1. The molecule has 0 spiro atoms. The molecule has 9 nitrogen and oxygen atoms in total. The van der Waals surface area contributed by atoms with Gasteiger partial charge in [-0.2, -0.15) is 10.2 Å². The zero-order valence-corrected chi connectivity index (χ0v) is 17.5. The minimum Gasteiger partial charge on any atom is -0.436 e. The number of pyridine rings is 1. The van der Waals surface area contributed by atoms with Gasteiger partial charge in [-0.1, -0.05) is 0 Å². The molecule has 5 aromatic rings. The van der Waals surface area contributed by atoms with Gasteiger partial charge in [0.15, 0.2) is 17.3 Å². The lowest BCUT2D eigenvalue weighted by atomic mass is 10.0. The zero-order chi connectivity index (χ0) is 22.8. The first-order chi connectivity index (χ1) is 16.1. The number of H-pyrrole nitrogens is 1. The number of nitrogens with one attached hydrogen (secondary N) is 2. The summed E-state index contributed by atoms with van der Waals surface area (Å²) in [6.45, 7) is 1.86. The standard InChI is InChI=1S/C24H17N7O2/c1-14(32)17-6-7-20(19-11-26-9-8-18(17)19)33-24-22-23(29-13-28-22)30-21(31-24)12-27-16-4-2-15(10-25)3-5-16/h2-9,11,13,27H,12H2,1H3,(H,28,29,30,31). The number of ketones is 1. The van der Waals surface area contributed by atoms with Crippen molar-refractivity contribution in [3.05, 3.63) is 78.1 Å². The van der Waals surface area contributed by atoms with Crippen molar-refractivity contribution in [2.75, 3.05) is 5.32 Å². The number of ether oxygens (including phenoxy) is 1. The maximum atomic E-state index is 12.0. The lowest BCUT2D eigenvalue weighted by molar-refractivity contribution is 0.101. The molecule has 3 aromatic heterocycles. The van der Waals surface area contributed by atoms with E-state index in [1.807, 2.05) is 12.1 Å². The number of carbonyl (C=O) groups excluding carboxylic acids is 1. The number of imidazole rings is 1. The SMILES string of the molecule is CC(=O)c1ccc(Oc2nc(CNc3ccc(C#N)cc3)nc3nc[nH]c23)c2cnccc12. The van der Waals surface area contributed by atoms with Crippen LogP contribution in [-0.4, -0.2) is 30.7 Å². The van der Waals surface area contributed by atoms with Gasteiger partial charge >= 0.3 is 0 Å². The number of nitriles is 1. The molecule has 0 aliphatic carbocycles. The Morgan fingerprint density at radius 1 is 1.12 bits per heavy atom. The van der Waals surface area contributed by atoms with Gasteiger partial charge in [-0.15, -0.1) is 0 Å². The molecule has 5 rings (SSSR count). The lowest BCUT2D eigenvalue weighted by Gasteiger charge is -2.12. The summed E-state index contributed by atoms with van der Waals surface area (Å²) >= 11 is 0. The molecule has 0 saturated carbocycles. The van der Waals surface area contributed by atoms with Crippen LogP contribution in [0.5, 0.6) is 11.6 Å². The fourth-order valence-electron chi connectivity index (χ4n) is 3.51. The zero-order valence-electron chi connectivity index (χ0n) is 17.5. The molecule has 0 amide bonds. The fourth-order valence-corrected chi connectivity index (χ4v) is 3.51. The third kappa shape index (κ3) is 3.93. The van der Waals surface area contributed by atoms with Crippen LogP contribution in [-0.2, 0) is 6.54 Å². The summed E-state index contributed by atoms with van der Waals surface area (Å²) in [6, 6.07) is 14.5. The van der Waals surface area contributed by atoms with Crippen LogP contribution in [0.1, 0.15) is 28.7 Å². The van der Waals surface area contributed by atoms with E-state index in [4.69, 9.17) is 10.00 Å². The van der Waals surface area contributed by atoms with E-state index in [-0.39, 0.29) is 5.78 Å². The number of carbonyl (C=O) groups is 1. The molecule has 0 fully saturated rings. The summed E-state index contributed by atoms with van der Waals surface area (Å²) in [4.78, 5) is 32.5. The number of aromatic nitrogens is 5. The van der Waals surface area contributed by atoms with Crippen LogP contribution in [0.4, 0.5) is 5.69 Å². The van der Waals surface area contributed by atoms with Crippen LogP contribution in [0.2, 0.25) is 0 Å². The van der Waals surface area contributed by atoms with Crippen molar-refractivity contribution >= 4 is 33.4 Å². The van der Waals surface area contributed by atoms with Crippen molar-refractivity contribution in [2.45, 2.75) is 13.5 Å². The topological polar surface area (TPSA) is 129 Å². The normalized spacial score (nSPS) is 10.8. The number of rotatable bonds is 6. The lowest BCUT2D eigenvalue weighted by Crippen LogP contribution is -2.06. The van der Waals surface area contributed by atoms with Gasteiger partial charge < -0.3 is 15.0 Å². The molecule has 160 valence electrons. The molecule has 0 saturated heterocycles. The first kappa shape index (κ1) is 20.1. The number of hydrogen-bond donors (Lipinski definition) is 2. The van der Waals surface area contributed by atoms with Crippen LogP contribution in [0.15, 0.2) is 61.2 Å². The summed E-state index contributed by atoms with van der Waals surface area (Å²) in [6.07, 6.45) is 4.83. The summed E-state index contributed by atoms with van der Waals surface area (Å²) in [5, 5.41) is 13.6. The predicted molar refractivity (Wildman–Crippen MR) is 122 cm³/mol. The van der Waals surface area contributed by atoms with E-state index < -0.39 is 0 Å². The van der Waals surface area contributed by atoms with E-state index in [2.05, 4.69) is 36.3 Å². The molecular weight excluding hydrogens is 418 g/mol. The quantitative estimate of drug-likeness (QED) is 0.376. The Morgan fingerprint density at radius 2 is 1.97 bits per heavy atom. The van der Waals surface area contributed by atoms with E-state index in [0.717, 1.165) is 11.1 Å². The molecule has 0 unspecified atom stereocenters. The van der Waals surface area contributed by atoms with Gasteiger partial charge in [-0.25, -0.2) is 9.97 Å². The summed E-state index contributed by atoms with van der Waals surface area (Å²) < 4.78 is 6.18. The van der Waals surface area contributed by atoms with Crippen molar-refractivity contribution in [1.82, 2.24) is 24.9 Å². The number of anilines is 1. The van der Waals surface area contributed by atoms with Gasteiger partial charge in [0.2, 0.25) is 5.88 Å². The largest absolute Gasteiger partial charge is 0.436 e. The van der Waals surface area contributed by atoms with Gasteiger partial charge in [-0.3, -0.25) is 9.78 Å². The maximum absolute atomic E-state index is 12.0. The van der Waals surface area contributed by atoms with E-state index >= 15 is 0 Å². The van der Waals surface area contributed by atoms with E-state index in [1.54, 1.807) is 42.7 Å². The minimum absolute atomic E-state index is 0.0353. The summed E-state index contributed by atoms with van der Waals surface area (Å²) in [5.74, 6) is 1.28. The maximum Gasteiger partial charge on any atom is 0.249 e. The third-order valence-electron chi connectivity index (χ3n) is 5.13. The van der Waals surface area contributed by atoms with Crippen molar-refractivity contribution in [3.8, 4) is 17.7 Å². The summed E-state index contributed by atoms with van der Waals surface area (Å²) in [7, 11) is 0. The third-order valence-corrected chi connectivity index (χ3v) is 5.13. The Hall–Kier alpha value is -4.84. The molecule has 0 radical (unpaired) electrons. The molecule has 2 aromatic carbocycles. The van der Waals surface area contributed by atoms with Crippen LogP contribution >= 0.6 is 0 Å². The van der Waals surface area contributed by atoms with Gasteiger partial charge in [0, 0.05) is 29.0 Å². The molecule has 9 heteroatoms. The Morgan fingerprint density at radius 3 is 2.76 bits per heavy atom. The van der Waals surface area contributed by atoms with Gasteiger partial charge in [-0.05, 0) is 54.8 Å². The molecule has 0 aliphatic rings. The second kappa shape index (κ2) is 8.36. The van der Waals surface area contributed by atoms with Crippen molar-refractivity contribution in [1.29, 1.82) is 5.26 Å². The molecular formula is C24H17N7O2. The number of fused-ring (bicyclic) bond motifs is 2. The van der Waals surface area contributed by atoms with Crippen LogP contribution in [0.25, 0.3) is 21.9 Å². The molecule has 33 heavy (non-hydrogen) atoms. The van der Waals surface area contributed by atoms with Gasteiger partial charge in [0.05, 0.1) is 24.5 Å². The Kier molecular flexibility index (Phi) is 5.09. The predicted octanol–water partition coefficient (Wildman–Crippen LogP) is 4.38. The van der Waals surface area contributed by atoms with E-state index in [1.165, 1.54) is 13.3 Å². The Bertz CT molecular complexity index is 1530. The van der Waals surface area contributed by atoms with E-state index in [9.17, 15) is 4.79 Å². The minimum atomic E-state index is -0.0353. The Balaban J connectivity index is 1.49. The highest BCUT2D eigenvalue weighted by Crippen LogP contribution is 2.33. The first-order valence-corrected chi connectivity index (χ1v) is 10.1. The van der Waals surface area contributed by atoms with Crippen molar-refractivity contribution < 1.29 is 9.53 Å². The molecule has 0 atom stereocenters. The Labute approximate surface area is 188 Å². The second-order valence-electron chi connectivity index (χ2n) is 7.28.